The minimum Gasteiger partial charge on any atom is -0.423 e. The molecule has 0 heterocycles. The molecule has 1 aliphatic carbocycles. The van der Waals surface area contributed by atoms with E-state index >= 15 is 0 Å². The second-order valence-electron chi connectivity index (χ2n) is 10.6. The van der Waals surface area contributed by atoms with Gasteiger partial charge in [-0.3, -0.25) is 0 Å². The lowest BCUT2D eigenvalue weighted by molar-refractivity contribution is 0.0950. The zero-order valence-corrected chi connectivity index (χ0v) is 18.8. The summed E-state index contributed by atoms with van der Waals surface area (Å²) in [5, 5.41) is 19.2. The predicted molar refractivity (Wildman–Crippen MR) is 127 cm³/mol. The standard InChI is InChI=1S/C27H31BO2/c1-25(2,3)27(26(4,5)6)23-13-8-7-12-21(23)22-17-19(14-15-24(22)27)18-10-9-11-20(16-18)28(29)30/h7-17,29-30H,1-6H3. The van der Waals surface area contributed by atoms with E-state index in [2.05, 4.69) is 84.0 Å². The predicted octanol–water partition coefficient (Wildman–Crippen LogP) is 5.39. The summed E-state index contributed by atoms with van der Waals surface area (Å²) in [6.45, 7) is 14.1. The molecule has 3 heteroatoms. The van der Waals surface area contributed by atoms with Crippen molar-refractivity contribution in [2.45, 2.75) is 47.0 Å². The fraction of sp³-hybridized carbons (Fsp3) is 0.333. The molecular weight excluding hydrogens is 367 g/mol. The summed E-state index contributed by atoms with van der Waals surface area (Å²) >= 11 is 0. The molecule has 0 fully saturated rings. The maximum Gasteiger partial charge on any atom is 0.488 e. The minimum atomic E-state index is -1.46. The highest BCUT2D eigenvalue weighted by Crippen LogP contribution is 2.64. The maximum absolute atomic E-state index is 9.58. The van der Waals surface area contributed by atoms with Gasteiger partial charge in [-0.25, -0.2) is 0 Å². The Morgan fingerprint density at radius 1 is 0.633 bits per heavy atom. The summed E-state index contributed by atoms with van der Waals surface area (Å²) in [5.41, 5.74) is 7.88. The van der Waals surface area contributed by atoms with Crippen molar-refractivity contribution in [3.63, 3.8) is 0 Å². The van der Waals surface area contributed by atoms with Crippen molar-refractivity contribution in [1.82, 2.24) is 0 Å². The molecule has 0 saturated carbocycles. The fourth-order valence-electron chi connectivity index (χ4n) is 6.08. The fourth-order valence-corrected chi connectivity index (χ4v) is 6.08. The van der Waals surface area contributed by atoms with E-state index in [1.54, 1.807) is 6.07 Å². The van der Waals surface area contributed by atoms with Crippen LogP contribution in [0.1, 0.15) is 52.7 Å². The van der Waals surface area contributed by atoms with Crippen molar-refractivity contribution in [3.8, 4) is 22.3 Å². The van der Waals surface area contributed by atoms with Crippen molar-refractivity contribution in [2.75, 3.05) is 0 Å². The molecule has 1 aliphatic rings. The van der Waals surface area contributed by atoms with Crippen LogP contribution < -0.4 is 5.46 Å². The molecule has 2 nitrogen and oxygen atoms in total. The third-order valence-electron chi connectivity index (χ3n) is 6.81. The third kappa shape index (κ3) is 2.87. The minimum absolute atomic E-state index is 0.0229. The van der Waals surface area contributed by atoms with Gasteiger partial charge in [-0.05, 0) is 55.7 Å². The van der Waals surface area contributed by atoms with Gasteiger partial charge in [0.15, 0.2) is 0 Å². The van der Waals surface area contributed by atoms with Gasteiger partial charge in [-0.1, -0.05) is 102 Å². The van der Waals surface area contributed by atoms with Crippen LogP contribution in [0, 0.1) is 10.8 Å². The summed E-state index contributed by atoms with van der Waals surface area (Å²) in [5.74, 6) is 0. The molecule has 3 aromatic carbocycles. The number of hydrogen-bond donors (Lipinski definition) is 2. The van der Waals surface area contributed by atoms with Crippen molar-refractivity contribution in [3.05, 3.63) is 77.9 Å². The van der Waals surface area contributed by atoms with E-state index < -0.39 is 7.12 Å². The van der Waals surface area contributed by atoms with Crippen LogP contribution in [0.25, 0.3) is 22.3 Å². The summed E-state index contributed by atoms with van der Waals surface area (Å²) in [7, 11) is -1.46. The van der Waals surface area contributed by atoms with Gasteiger partial charge in [0.25, 0.3) is 0 Å². The second kappa shape index (κ2) is 6.83. The van der Waals surface area contributed by atoms with Crippen LogP contribution in [0.3, 0.4) is 0 Å². The molecule has 0 saturated heterocycles. The Morgan fingerprint density at radius 3 is 1.87 bits per heavy atom. The Hall–Kier alpha value is -2.36. The van der Waals surface area contributed by atoms with Crippen LogP contribution in [-0.4, -0.2) is 17.2 Å². The highest BCUT2D eigenvalue weighted by molar-refractivity contribution is 6.58. The van der Waals surface area contributed by atoms with E-state index in [1.165, 1.54) is 22.3 Å². The Balaban J connectivity index is 2.01. The van der Waals surface area contributed by atoms with Gasteiger partial charge in [-0.2, -0.15) is 0 Å². The van der Waals surface area contributed by atoms with Gasteiger partial charge < -0.3 is 10.0 Å². The normalized spacial score (nSPS) is 14.9. The Morgan fingerprint density at radius 2 is 1.23 bits per heavy atom. The van der Waals surface area contributed by atoms with Gasteiger partial charge in [-0.15, -0.1) is 0 Å². The largest absolute Gasteiger partial charge is 0.488 e. The molecule has 0 unspecified atom stereocenters. The molecule has 154 valence electrons. The number of hydrogen-bond acceptors (Lipinski definition) is 2. The molecule has 3 aromatic rings. The van der Waals surface area contributed by atoms with Crippen LogP contribution in [0.15, 0.2) is 66.7 Å². The number of benzene rings is 3. The van der Waals surface area contributed by atoms with Crippen molar-refractivity contribution in [1.29, 1.82) is 0 Å². The molecule has 0 bridgehead atoms. The van der Waals surface area contributed by atoms with Crippen LogP contribution in [-0.2, 0) is 5.41 Å². The summed E-state index contributed by atoms with van der Waals surface area (Å²) in [6.07, 6.45) is 0. The molecule has 0 aliphatic heterocycles. The molecule has 0 radical (unpaired) electrons. The van der Waals surface area contributed by atoms with Gasteiger partial charge >= 0.3 is 7.12 Å². The SMILES string of the molecule is CC(C)(C)C1(C(C)(C)C)c2ccccc2-c2cc(-c3cccc(B(O)O)c3)ccc21. The zero-order chi connectivity index (χ0) is 21.9. The highest BCUT2D eigenvalue weighted by Gasteiger charge is 2.57. The summed E-state index contributed by atoms with van der Waals surface area (Å²) in [6, 6.07) is 23.1. The van der Waals surface area contributed by atoms with E-state index in [1.807, 2.05) is 18.2 Å². The van der Waals surface area contributed by atoms with Crippen LogP contribution in [0.5, 0.6) is 0 Å². The quantitative estimate of drug-likeness (QED) is 0.568. The van der Waals surface area contributed by atoms with Crippen molar-refractivity contribution in [2.24, 2.45) is 10.8 Å². The lowest BCUT2D eigenvalue weighted by Gasteiger charge is -2.53. The smallest absolute Gasteiger partial charge is 0.423 e. The van der Waals surface area contributed by atoms with Gasteiger partial charge in [0.2, 0.25) is 0 Å². The molecule has 0 atom stereocenters. The second-order valence-corrected chi connectivity index (χ2v) is 10.6. The van der Waals surface area contributed by atoms with Crippen LogP contribution in [0.2, 0.25) is 0 Å². The first-order valence-electron chi connectivity index (χ1n) is 10.7. The molecule has 0 aromatic heterocycles. The van der Waals surface area contributed by atoms with Crippen LogP contribution >= 0.6 is 0 Å². The Bertz CT molecular complexity index is 1090. The topological polar surface area (TPSA) is 40.5 Å². The molecular formula is C27H31BO2. The molecule has 0 spiro atoms. The number of rotatable bonds is 2. The molecule has 0 amide bonds. The van der Waals surface area contributed by atoms with E-state index in [0.29, 0.717) is 5.46 Å². The van der Waals surface area contributed by atoms with E-state index in [4.69, 9.17) is 0 Å². The van der Waals surface area contributed by atoms with E-state index in [0.717, 1.165) is 11.1 Å². The van der Waals surface area contributed by atoms with E-state index in [-0.39, 0.29) is 16.2 Å². The molecule has 30 heavy (non-hydrogen) atoms. The Kier molecular flexibility index (Phi) is 4.76. The zero-order valence-electron chi connectivity index (χ0n) is 18.8. The van der Waals surface area contributed by atoms with Crippen molar-refractivity contribution < 1.29 is 10.0 Å². The molecule has 2 N–H and O–H groups in total. The number of fused-ring (bicyclic) bond motifs is 3. The van der Waals surface area contributed by atoms with Gasteiger partial charge in [0, 0.05) is 5.41 Å². The summed E-state index contributed by atoms with van der Waals surface area (Å²) in [4.78, 5) is 0. The van der Waals surface area contributed by atoms with E-state index in [9.17, 15) is 10.0 Å². The summed E-state index contributed by atoms with van der Waals surface area (Å²) < 4.78 is 0. The van der Waals surface area contributed by atoms with Gasteiger partial charge in [0.1, 0.15) is 0 Å². The maximum atomic E-state index is 9.58. The monoisotopic (exact) mass is 398 g/mol. The first-order chi connectivity index (χ1) is 14.0. The van der Waals surface area contributed by atoms with Crippen molar-refractivity contribution >= 4 is 12.6 Å². The average molecular weight is 398 g/mol. The Labute approximate surface area is 180 Å². The van der Waals surface area contributed by atoms with Crippen LogP contribution in [0.4, 0.5) is 0 Å². The first-order valence-corrected chi connectivity index (χ1v) is 10.7. The highest BCUT2D eigenvalue weighted by atomic mass is 16.4. The van der Waals surface area contributed by atoms with Gasteiger partial charge in [0.05, 0.1) is 0 Å². The lowest BCUT2D eigenvalue weighted by atomic mass is 9.50. The molecule has 4 rings (SSSR count). The third-order valence-corrected chi connectivity index (χ3v) is 6.81. The first kappa shape index (κ1) is 20.9. The average Bonchev–Trinajstić information content (AvgIpc) is 2.98. The lowest BCUT2D eigenvalue weighted by Crippen LogP contribution is -2.49.